The molecule has 1 aromatic heterocycles. The summed E-state index contributed by atoms with van der Waals surface area (Å²) < 4.78 is 1.92. The summed E-state index contributed by atoms with van der Waals surface area (Å²) >= 11 is 0. The highest BCUT2D eigenvalue weighted by atomic mass is 15.4. The van der Waals surface area contributed by atoms with E-state index in [0.29, 0.717) is 6.54 Å². The zero-order chi connectivity index (χ0) is 13.1. The van der Waals surface area contributed by atoms with E-state index in [-0.39, 0.29) is 0 Å². The Hall–Kier alpha value is -0.980. The predicted molar refractivity (Wildman–Crippen MR) is 73.6 cm³/mol. The molecule has 2 saturated heterocycles. The molecule has 0 saturated carbocycles. The van der Waals surface area contributed by atoms with Gasteiger partial charge in [-0.15, -0.1) is 5.10 Å². The molecule has 0 amide bonds. The van der Waals surface area contributed by atoms with Gasteiger partial charge < -0.3 is 5.73 Å². The second-order valence-corrected chi connectivity index (χ2v) is 5.66. The molecule has 0 bridgehead atoms. The van der Waals surface area contributed by atoms with Crippen molar-refractivity contribution in [3.05, 3.63) is 11.9 Å². The largest absolute Gasteiger partial charge is 0.325 e. The van der Waals surface area contributed by atoms with Gasteiger partial charge >= 0.3 is 0 Å². The van der Waals surface area contributed by atoms with E-state index in [1.807, 2.05) is 10.9 Å². The molecular formula is C13H24N6. The van der Waals surface area contributed by atoms with Crippen molar-refractivity contribution in [2.45, 2.75) is 38.4 Å². The SMILES string of the molecule is NCc1cn(CCN2CCCN3CCCC3C2)nn1. The molecule has 0 aliphatic carbocycles. The van der Waals surface area contributed by atoms with Crippen molar-refractivity contribution in [2.24, 2.45) is 5.73 Å². The Morgan fingerprint density at radius 3 is 2.95 bits per heavy atom. The molecule has 19 heavy (non-hydrogen) atoms. The molecule has 0 aromatic carbocycles. The monoisotopic (exact) mass is 264 g/mol. The van der Waals surface area contributed by atoms with Crippen molar-refractivity contribution in [1.29, 1.82) is 0 Å². The van der Waals surface area contributed by atoms with Crippen LogP contribution in [0, 0.1) is 0 Å². The van der Waals surface area contributed by atoms with E-state index in [9.17, 15) is 0 Å². The third-order valence-corrected chi connectivity index (χ3v) is 4.33. The van der Waals surface area contributed by atoms with E-state index in [0.717, 1.165) is 24.8 Å². The van der Waals surface area contributed by atoms with Crippen LogP contribution in [0.15, 0.2) is 6.20 Å². The van der Waals surface area contributed by atoms with E-state index in [4.69, 9.17) is 5.73 Å². The first-order valence-electron chi connectivity index (χ1n) is 7.40. The molecule has 6 nitrogen and oxygen atoms in total. The van der Waals surface area contributed by atoms with E-state index < -0.39 is 0 Å². The molecule has 0 spiro atoms. The lowest BCUT2D eigenvalue weighted by Gasteiger charge is -2.25. The van der Waals surface area contributed by atoms with Gasteiger partial charge in [-0.3, -0.25) is 14.5 Å². The molecular weight excluding hydrogens is 240 g/mol. The number of hydrogen-bond acceptors (Lipinski definition) is 5. The van der Waals surface area contributed by atoms with Gasteiger partial charge in [-0.05, 0) is 38.9 Å². The van der Waals surface area contributed by atoms with Gasteiger partial charge in [-0.2, -0.15) is 0 Å². The van der Waals surface area contributed by atoms with Crippen molar-refractivity contribution in [1.82, 2.24) is 24.8 Å². The molecule has 2 fully saturated rings. The second-order valence-electron chi connectivity index (χ2n) is 5.66. The highest BCUT2D eigenvalue weighted by molar-refractivity contribution is 4.90. The van der Waals surface area contributed by atoms with E-state index in [1.165, 1.54) is 45.4 Å². The number of hydrogen-bond donors (Lipinski definition) is 1. The van der Waals surface area contributed by atoms with Crippen molar-refractivity contribution in [2.75, 3.05) is 32.7 Å². The predicted octanol–water partition coefficient (Wildman–Crippen LogP) is -0.0931. The molecule has 3 rings (SSSR count). The van der Waals surface area contributed by atoms with Crippen LogP contribution in [0.25, 0.3) is 0 Å². The molecule has 2 N–H and O–H groups in total. The summed E-state index contributed by atoms with van der Waals surface area (Å²) in [4.78, 5) is 5.25. The van der Waals surface area contributed by atoms with Crippen molar-refractivity contribution in [3.8, 4) is 0 Å². The highest BCUT2D eigenvalue weighted by Gasteiger charge is 2.28. The maximum absolute atomic E-state index is 5.55. The van der Waals surface area contributed by atoms with E-state index in [2.05, 4.69) is 20.1 Å². The number of nitrogens with two attached hydrogens (primary N) is 1. The molecule has 2 aliphatic heterocycles. The fourth-order valence-corrected chi connectivity index (χ4v) is 3.27. The average molecular weight is 264 g/mol. The normalized spacial score (nSPS) is 25.4. The standard InChI is InChI=1S/C13H24N6/c14-9-12-10-19(16-15-12)8-7-17-4-2-6-18-5-1-3-13(18)11-17/h10,13H,1-9,11,14H2. The topological polar surface area (TPSA) is 63.2 Å². The summed E-state index contributed by atoms with van der Waals surface area (Å²) in [5, 5.41) is 8.14. The Kier molecular flexibility index (Phi) is 4.10. The lowest BCUT2D eigenvalue weighted by atomic mass is 10.2. The van der Waals surface area contributed by atoms with Gasteiger partial charge in [0.2, 0.25) is 0 Å². The first kappa shape index (κ1) is 13.0. The van der Waals surface area contributed by atoms with Crippen molar-refractivity contribution >= 4 is 0 Å². The summed E-state index contributed by atoms with van der Waals surface area (Å²) in [6.07, 6.45) is 6.00. The first-order valence-corrected chi connectivity index (χ1v) is 7.40. The highest BCUT2D eigenvalue weighted by Crippen LogP contribution is 2.21. The van der Waals surface area contributed by atoms with Gasteiger partial charge in [-0.25, -0.2) is 0 Å². The van der Waals surface area contributed by atoms with Crippen LogP contribution in [0.4, 0.5) is 0 Å². The summed E-state index contributed by atoms with van der Waals surface area (Å²) in [6, 6.07) is 0.790. The number of fused-ring (bicyclic) bond motifs is 1. The van der Waals surface area contributed by atoms with Crippen molar-refractivity contribution in [3.63, 3.8) is 0 Å². The Bertz CT molecular complexity index is 404. The molecule has 106 valence electrons. The third kappa shape index (κ3) is 3.13. The zero-order valence-corrected chi connectivity index (χ0v) is 11.5. The minimum absolute atomic E-state index is 0.473. The lowest BCUT2D eigenvalue weighted by Crippen LogP contribution is -2.37. The number of aromatic nitrogens is 3. The molecule has 1 atom stereocenters. The lowest BCUT2D eigenvalue weighted by molar-refractivity contribution is 0.213. The minimum Gasteiger partial charge on any atom is -0.325 e. The molecule has 3 heterocycles. The van der Waals surface area contributed by atoms with Crippen LogP contribution in [0.3, 0.4) is 0 Å². The smallest absolute Gasteiger partial charge is 0.0962 e. The molecule has 6 heteroatoms. The maximum Gasteiger partial charge on any atom is 0.0962 e. The van der Waals surface area contributed by atoms with Crippen LogP contribution in [-0.4, -0.2) is 63.6 Å². The summed E-state index contributed by atoms with van der Waals surface area (Å²) in [6.45, 7) is 7.48. The summed E-state index contributed by atoms with van der Waals surface area (Å²) in [5.74, 6) is 0. The number of nitrogens with zero attached hydrogens (tertiary/aromatic N) is 5. The van der Waals surface area contributed by atoms with E-state index in [1.54, 1.807) is 0 Å². The third-order valence-electron chi connectivity index (χ3n) is 4.33. The first-order chi connectivity index (χ1) is 9.35. The minimum atomic E-state index is 0.473. The maximum atomic E-state index is 5.55. The summed E-state index contributed by atoms with van der Waals surface area (Å²) in [5.41, 5.74) is 6.42. The van der Waals surface area contributed by atoms with E-state index >= 15 is 0 Å². The van der Waals surface area contributed by atoms with Gasteiger partial charge in [0.15, 0.2) is 0 Å². The van der Waals surface area contributed by atoms with Gasteiger partial charge in [0.1, 0.15) is 0 Å². The Morgan fingerprint density at radius 1 is 1.21 bits per heavy atom. The van der Waals surface area contributed by atoms with Crippen LogP contribution < -0.4 is 5.73 Å². The second kappa shape index (κ2) is 5.98. The van der Waals surface area contributed by atoms with Crippen LogP contribution >= 0.6 is 0 Å². The van der Waals surface area contributed by atoms with Gasteiger partial charge in [0.25, 0.3) is 0 Å². The van der Waals surface area contributed by atoms with Gasteiger partial charge in [-0.1, -0.05) is 5.21 Å². The fourth-order valence-electron chi connectivity index (χ4n) is 3.27. The van der Waals surface area contributed by atoms with Crippen molar-refractivity contribution < 1.29 is 0 Å². The number of rotatable bonds is 4. The Labute approximate surface area is 114 Å². The zero-order valence-electron chi connectivity index (χ0n) is 11.5. The summed E-state index contributed by atoms with van der Waals surface area (Å²) in [7, 11) is 0. The van der Waals surface area contributed by atoms with Crippen LogP contribution in [-0.2, 0) is 13.1 Å². The van der Waals surface area contributed by atoms with Crippen LogP contribution in [0.1, 0.15) is 25.0 Å². The van der Waals surface area contributed by atoms with Gasteiger partial charge in [0.05, 0.1) is 12.2 Å². The molecule has 1 aromatic rings. The Morgan fingerprint density at radius 2 is 2.11 bits per heavy atom. The quantitative estimate of drug-likeness (QED) is 0.823. The molecule has 2 aliphatic rings. The fraction of sp³-hybridized carbons (Fsp3) is 0.846. The van der Waals surface area contributed by atoms with Crippen LogP contribution in [0.2, 0.25) is 0 Å². The molecule has 1 unspecified atom stereocenters. The van der Waals surface area contributed by atoms with Gasteiger partial charge in [0, 0.05) is 31.9 Å². The van der Waals surface area contributed by atoms with Crippen LogP contribution in [0.5, 0.6) is 0 Å². The molecule has 0 radical (unpaired) electrons. The average Bonchev–Trinajstić information content (AvgIpc) is 3.02. The Balaban J connectivity index is 1.51.